The van der Waals surface area contributed by atoms with Gasteiger partial charge >= 0.3 is 6.72 Å². The van der Waals surface area contributed by atoms with Gasteiger partial charge in [-0.1, -0.05) is 81.8 Å². The maximum atomic E-state index is 10.4. The van der Waals surface area contributed by atoms with Crippen molar-refractivity contribution in [2.45, 2.75) is 58.3 Å². The number of hydrogen-bond donors (Lipinski definition) is 1. The first-order valence-corrected chi connectivity index (χ1v) is 12.0. The van der Waals surface area contributed by atoms with Crippen molar-refractivity contribution in [2.75, 3.05) is 0 Å². The van der Waals surface area contributed by atoms with Gasteiger partial charge < -0.3 is 13.9 Å². The van der Waals surface area contributed by atoms with E-state index in [1.165, 1.54) is 38.5 Å². The third kappa shape index (κ3) is 7.90. The highest BCUT2D eigenvalue weighted by Crippen LogP contribution is 2.45. The number of para-hydroxylation sites is 2. The van der Waals surface area contributed by atoms with E-state index >= 15 is 0 Å². The van der Waals surface area contributed by atoms with E-state index in [9.17, 15) is 4.89 Å². The third-order valence-electron chi connectivity index (χ3n) is 4.20. The van der Waals surface area contributed by atoms with Crippen LogP contribution in [0.15, 0.2) is 54.6 Å². The van der Waals surface area contributed by atoms with Crippen LogP contribution in [-0.4, -0.2) is 4.89 Å². The number of unbranched alkanes of at least 4 members (excludes halogenated alkanes) is 6. The summed E-state index contributed by atoms with van der Waals surface area (Å²) in [6.07, 6.45) is 9.78. The predicted octanol–water partition coefficient (Wildman–Crippen LogP) is 6.65. The van der Waals surface area contributed by atoms with Crippen LogP contribution in [0.4, 0.5) is 0 Å². The van der Waals surface area contributed by atoms with Gasteiger partial charge in [-0.15, -0.1) is 0 Å². The lowest BCUT2D eigenvalue weighted by atomic mass is 10.0. The van der Waals surface area contributed by atoms with Gasteiger partial charge in [0.15, 0.2) is 0 Å². The Morgan fingerprint density at radius 1 is 0.808 bits per heavy atom. The predicted molar refractivity (Wildman–Crippen MR) is 112 cm³/mol. The molecule has 0 bridgehead atoms. The second-order valence-electron chi connectivity index (χ2n) is 6.44. The first kappa shape index (κ1) is 21.0. The van der Waals surface area contributed by atoms with Crippen molar-refractivity contribution in [3.63, 3.8) is 0 Å². The maximum absolute atomic E-state index is 10.4. The summed E-state index contributed by atoms with van der Waals surface area (Å²) in [5, 5.41) is 0. The van der Waals surface area contributed by atoms with E-state index in [0.29, 0.717) is 11.5 Å². The molecular formula is C21H29O3PS. The minimum atomic E-state index is -3.39. The Morgan fingerprint density at radius 3 is 2.15 bits per heavy atom. The lowest BCUT2D eigenvalue weighted by Gasteiger charge is -2.19. The van der Waals surface area contributed by atoms with Gasteiger partial charge in [0.25, 0.3) is 0 Å². The molecule has 2 rings (SSSR count). The molecule has 1 N–H and O–H groups in total. The molecule has 2 aromatic carbocycles. The molecule has 0 radical (unpaired) electrons. The fourth-order valence-corrected chi connectivity index (χ4v) is 4.18. The van der Waals surface area contributed by atoms with E-state index in [-0.39, 0.29) is 0 Å². The maximum Gasteiger partial charge on any atom is 0.432 e. The molecule has 1 unspecified atom stereocenters. The highest BCUT2D eigenvalue weighted by molar-refractivity contribution is 8.07. The molecule has 142 valence electrons. The van der Waals surface area contributed by atoms with E-state index in [1.807, 2.05) is 42.5 Å². The van der Waals surface area contributed by atoms with Crippen LogP contribution in [0.2, 0.25) is 0 Å². The number of rotatable bonds is 12. The van der Waals surface area contributed by atoms with Crippen LogP contribution in [0.25, 0.3) is 0 Å². The fraction of sp³-hybridized carbons (Fsp3) is 0.429. The van der Waals surface area contributed by atoms with Crippen molar-refractivity contribution in [1.29, 1.82) is 0 Å². The van der Waals surface area contributed by atoms with Crippen LogP contribution in [0.1, 0.15) is 57.4 Å². The highest BCUT2D eigenvalue weighted by atomic mass is 32.5. The summed E-state index contributed by atoms with van der Waals surface area (Å²) in [4.78, 5) is 10.4. The second-order valence-corrected chi connectivity index (χ2v) is 9.13. The second kappa shape index (κ2) is 11.4. The van der Waals surface area contributed by atoms with Gasteiger partial charge in [-0.05, 0) is 36.6 Å². The zero-order valence-electron chi connectivity index (χ0n) is 15.5. The zero-order valence-corrected chi connectivity index (χ0v) is 17.2. The van der Waals surface area contributed by atoms with Crippen LogP contribution < -0.4 is 9.05 Å². The van der Waals surface area contributed by atoms with Crippen molar-refractivity contribution in [2.24, 2.45) is 0 Å². The van der Waals surface area contributed by atoms with E-state index in [2.05, 4.69) is 6.92 Å². The van der Waals surface area contributed by atoms with Crippen LogP contribution in [0.5, 0.6) is 11.5 Å². The summed E-state index contributed by atoms with van der Waals surface area (Å²) in [7, 11) is 0. The van der Waals surface area contributed by atoms with Crippen LogP contribution in [0.3, 0.4) is 0 Å². The van der Waals surface area contributed by atoms with Gasteiger partial charge in [0, 0.05) is 11.8 Å². The van der Waals surface area contributed by atoms with Crippen LogP contribution in [0, 0.1) is 0 Å². The first-order valence-electron chi connectivity index (χ1n) is 9.45. The molecule has 5 heteroatoms. The van der Waals surface area contributed by atoms with Crippen molar-refractivity contribution < 1.29 is 13.9 Å². The minimum Gasteiger partial charge on any atom is -0.416 e. The van der Waals surface area contributed by atoms with Gasteiger partial charge in [0.2, 0.25) is 0 Å². The lowest BCUT2D eigenvalue weighted by Crippen LogP contribution is -2.01. The number of benzene rings is 2. The summed E-state index contributed by atoms with van der Waals surface area (Å²) >= 11 is 5.18. The highest BCUT2D eigenvalue weighted by Gasteiger charge is 2.20. The largest absolute Gasteiger partial charge is 0.432 e. The van der Waals surface area contributed by atoms with E-state index in [4.69, 9.17) is 20.9 Å². The van der Waals surface area contributed by atoms with Crippen molar-refractivity contribution in [3.8, 4) is 11.5 Å². The van der Waals surface area contributed by atoms with Crippen LogP contribution in [-0.2, 0) is 18.2 Å². The molecule has 0 amide bonds. The third-order valence-corrected chi connectivity index (χ3v) is 5.52. The van der Waals surface area contributed by atoms with Crippen molar-refractivity contribution >= 4 is 18.5 Å². The zero-order chi connectivity index (χ0) is 18.7. The molecule has 0 heterocycles. The lowest BCUT2D eigenvalue weighted by molar-refractivity contribution is 0.375. The quantitative estimate of drug-likeness (QED) is 0.324. The van der Waals surface area contributed by atoms with E-state index in [0.717, 1.165) is 18.4 Å². The summed E-state index contributed by atoms with van der Waals surface area (Å²) in [5.41, 5.74) is 1.07. The number of hydrogen-bond acceptors (Lipinski definition) is 3. The SMILES string of the molecule is CCCCCCCCCc1ccccc1OP(O)(=S)Oc1ccccc1. The van der Waals surface area contributed by atoms with Gasteiger partial charge in [0.1, 0.15) is 11.5 Å². The summed E-state index contributed by atoms with van der Waals surface area (Å²) in [5.74, 6) is 1.14. The first-order chi connectivity index (χ1) is 12.6. The monoisotopic (exact) mass is 392 g/mol. The van der Waals surface area contributed by atoms with E-state index in [1.54, 1.807) is 12.1 Å². The Bertz CT molecular complexity index is 691. The molecular weight excluding hydrogens is 363 g/mol. The molecule has 0 fully saturated rings. The van der Waals surface area contributed by atoms with Crippen molar-refractivity contribution in [3.05, 3.63) is 60.2 Å². The Kier molecular flexibility index (Phi) is 9.17. The summed E-state index contributed by atoms with van der Waals surface area (Å²) < 4.78 is 11.2. The van der Waals surface area contributed by atoms with Crippen LogP contribution >= 0.6 is 6.72 Å². The average molecular weight is 393 g/mol. The molecule has 26 heavy (non-hydrogen) atoms. The van der Waals surface area contributed by atoms with Gasteiger partial charge in [0.05, 0.1) is 0 Å². The topological polar surface area (TPSA) is 38.7 Å². The Balaban J connectivity index is 1.86. The molecule has 0 aliphatic rings. The Labute approximate surface area is 162 Å². The molecule has 0 aliphatic carbocycles. The molecule has 0 aromatic heterocycles. The fourth-order valence-electron chi connectivity index (χ4n) is 2.83. The molecule has 1 atom stereocenters. The van der Waals surface area contributed by atoms with Crippen molar-refractivity contribution in [1.82, 2.24) is 0 Å². The smallest absolute Gasteiger partial charge is 0.416 e. The summed E-state index contributed by atoms with van der Waals surface area (Å²) in [6, 6.07) is 16.8. The minimum absolute atomic E-state index is 0.517. The number of aryl methyl sites for hydroxylation is 1. The normalized spacial score (nSPS) is 13.2. The Morgan fingerprint density at radius 2 is 1.42 bits per heavy atom. The standard InChI is InChI=1S/C21H29O3PS/c1-2-3-4-5-6-7-9-14-19-15-12-13-18-21(19)24-25(22,26)23-20-16-10-8-11-17-20/h8,10-13,15-18H,2-7,9,14H2,1H3,(H,22,26). The Hall–Kier alpha value is -1.35. The molecule has 0 saturated carbocycles. The summed E-state index contributed by atoms with van der Waals surface area (Å²) in [6.45, 7) is -1.15. The molecule has 0 saturated heterocycles. The van der Waals surface area contributed by atoms with Gasteiger partial charge in [-0.3, -0.25) is 0 Å². The molecule has 2 aromatic rings. The average Bonchev–Trinajstić information content (AvgIpc) is 2.62. The van der Waals surface area contributed by atoms with E-state index < -0.39 is 6.72 Å². The molecule has 3 nitrogen and oxygen atoms in total. The van der Waals surface area contributed by atoms with Gasteiger partial charge in [-0.2, -0.15) is 0 Å². The van der Waals surface area contributed by atoms with Gasteiger partial charge in [-0.25, -0.2) is 0 Å². The molecule has 0 aliphatic heterocycles. The molecule has 0 spiro atoms.